The molecule has 0 radical (unpaired) electrons. The second-order valence-electron chi connectivity index (χ2n) is 8.84. The molecule has 23 heavy (non-hydrogen) atoms. The van der Waals surface area contributed by atoms with Gasteiger partial charge < -0.3 is 0 Å². The molecule has 0 bridgehead atoms. The molecule has 0 aliphatic heterocycles. The van der Waals surface area contributed by atoms with Crippen LogP contribution in [-0.4, -0.2) is 32.4 Å². The predicted molar refractivity (Wildman–Crippen MR) is 105 cm³/mol. The fourth-order valence-electron chi connectivity index (χ4n) is 2.43. The van der Waals surface area contributed by atoms with Crippen molar-refractivity contribution >= 4 is 19.2 Å². The number of hydrogen-bond acceptors (Lipinski definition) is 2. The molecule has 0 aromatic carbocycles. The molecule has 0 aliphatic carbocycles. The van der Waals surface area contributed by atoms with Gasteiger partial charge in [-0.2, -0.15) is 0 Å². The van der Waals surface area contributed by atoms with Crippen molar-refractivity contribution in [3.63, 3.8) is 0 Å². The van der Waals surface area contributed by atoms with Gasteiger partial charge in [0.2, 0.25) is 0 Å². The Balaban J connectivity index is 4.83. The van der Waals surface area contributed by atoms with Crippen LogP contribution in [0.1, 0.15) is 81.1 Å². The minimum atomic E-state index is -2.92. The molecule has 0 saturated carbocycles. The van der Waals surface area contributed by atoms with Gasteiger partial charge in [-0.05, 0) is 0 Å². The summed E-state index contributed by atoms with van der Waals surface area (Å²) < 4.78 is 15.7. The molecule has 0 fully saturated rings. The van der Waals surface area contributed by atoms with E-state index in [1.165, 1.54) is 21.7 Å². The van der Waals surface area contributed by atoms with Crippen molar-refractivity contribution in [1.82, 2.24) is 0 Å². The van der Waals surface area contributed by atoms with Crippen LogP contribution in [0.5, 0.6) is 0 Å². The SMILES string of the molecule is CC(C)CC[O][Sn]([CH2]CC(C)C)([CH2]CC(C)C)[O]CCC(C)C. The van der Waals surface area contributed by atoms with Gasteiger partial charge in [0.1, 0.15) is 0 Å². The standard InChI is InChI=1S/2C5H11O.2C5H11.Sn/c2*1-5(2)3-4-6;2*1-4-5(2)3;/h2*5H,3-4H2,1-2H3;2*5H,1,4H2,2-3H3;/q2*-1;;;+2. The monoisotopic (exact) mass is 436 g/mol. The summed E-state index contributed by atoms with van der Waals surface area (Å²) in [5, 5.41) is 0. The van der Waals surface area contributed by atoms with E-state index in [0.29, 0.717) is 11.8 Å². The maximum atomic E-state index is 6.61. The Morgan fingerprint density at radius 3 is 1.09 bits per heavy atom. The second kappa shape index (κ2) is 13.0. The van der Waals surface area contributed by atoms with Crippen molar-refractivity contribution < 1.29 is 6.15 Å². The molecule has 0 N–H and O–H groups in total. The molecular weight excluding hydrogens is 391 g/mol. The van der Waals surface area contributed by atoms with E-state index in [2.05, 4.69) is 55.4 Å². The molecule has 0 aromatic rings. The molecule has 0 heterocycles. The van der Waals surface area contributed by atoms with Crippen LogP contribution >= 0.6 is 0 Å². The summed E-state index contributed by atoms with van der Waals surface area (Å²) in [4.78, 5) is 0. The maximum absolute atomic E-state index is 6.61. The van der Waals surface area contributed by atoms with E-state index in [-0.39, 0.29) is 0 Å². The van der Waals surface area contributed by atoms with Crippen molar-refractivity contribution in [3.8, 4) is 0 Å². The van der Waals surface area contributed by atoms with Gasteiger partial charge in [0.15, 0.2) is 0 Å². The van der Waals surface area contributed by atoms with Crippen LogP contribution in [0.25, 0.3) is 0 Å². The first-order valence-electron chi connectivity index (χ1n) is 9.94. The molecular formula is C20H44O2Sn. The molecule has 0 amide bonds. The molecule has 0 aliphatic rings. The van der Waals surface area contributed by atoms with Gasteiger partial charge in [-0.25, -0.2) is 0 Å². The molecule has 3 heteroatoms. The van der Waals surface area contributed by atoms with Gasteiger partial charge >= 0.3 is 152 Å². The summed E-state index contributed by atoms with van der Waals surface area (Å²) in [6.45, 7) is 20.2. The van der Waals surface area contributed by atoms with Gasteiger partial charge in [0.05, 0.1) is 0 Å². The zero-order valence-electron chi connectivity index (χ0n) is 17.3. The molecule has 0 saturated heterocycles. The molecule has 140 valence electrons. The molecule has 0 aromatic heterocycles. The average molecular weight is 435 g/mol. The van der Waals surface area contributed by atoms with Crippen molar-refractivity contribution in [3.05, 3.63) is 0 Å². The third-order valence-electron chi connectivity index (χ3n) is 4.33. The van der Waals surface area contributed by atoms with E-state index in [0.717, 1.165) is 37.9 Å². The van der Waals surface area contributed by atoms with Crippen molar-refractivity contribution in [2.75, 3.05) is 13.2 Å². The Bertz CT molecular complexity index is 247. The molecule has 0 atom stereocenters. The zero-order chi connectivity index (χ0) is 17.9. The van der Waals surface area contributed by atoms with Gasteiger partial charge in [-0.1, -0.05) is 0 Å². The summed E-state index contributed by atoms with van der Waals surface area (Å²) in [6, 6.07) is 0. The normalized spacial score (nSPS) is 13.0. The summed E-state index contributed by atoms with van der Waals surface area (Å²) in [7, 11) is 0. The van der Waals surface area contributed by atoms with E-state index in [1.807, 2.05) is 0 Å². The van der Waals surface area contributed by atoms with Crippen LogP contribution in [-0.2, 0) is 6.15 Å². The van der Waals surface area contributed by atoms with E-state index >= 15 is 0 Å². The third kappa shape index (κ3) is 13.7. The van der Waals surface area contributed by atoms with Crippen LogP contribution in [0, 0.1) is 23.7 Å². The van der Waals surface area contributed by atoms with Crippen molar-refractivity contribution in [2.24, 2.45) is 23.7 Å². The Morgan fingerprint density at radius 1 is 0.522 bits per heavy atom. The van der Waals surface area contributed by atoms with Gasteiger partial charge in [-0.15, -0.1) is 0 Å². The third-order valence-corrected chi connectivity index (χ3v) is 14.5. The molecule has 0 rings (SSSR count). The van der Waals surface area contributed by atoms with E-state index < -0.39 is 19.2 Å². The zero-order valence-corrected chi connectivity index (χ0v) is 20.1. The van der Waals surface area contributed by atoms with Crippen LogP contribution in [0.15, 0.2) is 0 Å². The summed E-state index contributed by atoms with van der Waals surface area (Å²) in [5.74, 6) is 2.91. The Hall–Kier alpha value is 0.719. The van der Waals surface area contributed by atoms with Crippen LogP contribution in [0.4, 0.5) is 0 Å². The molecule has 0 unspecified atom stereocenters. The summed E-state index contributed by atoms with van der Waals surface area (Å²) in [5.41, 5.74) is 0. The van der Waals surface area contributed by atoms with Crippen LogP contribution < -0.4 is 0 Å². The number of rotatable bonds is 14. The van der Waals surface area contributed by atoms with Crippen LogP contribution in [0.2, 0.25) is 8.87 Å². The van der Waals surface area contributed by atoms with Crippen molar-refractivity contribution in [2.45, 2.75) is 89.9 Å². The summed E-state index contributed by atoms with van der Waals surface area (Å²) >= 11 is -2.92. The van der Waals surface area contributed by atoms with Gasteiger partial charge in [0.25, 0.3) is 0 Å². The van der Waals surface area contributed by atoms with Gasteiger partial charge in [0, 0.05) is 0 Å². The summed E-state index contributed by atoms with van der Waals surface area (Å²) in [6.07, 6.45) is 4.85. The van der Waals surface area contributed by atoms with Gasteiger partial charge in [-0.3, -0.25) is 0 Å². The Kier molecular flexibility index (Phi) is 13.4. The van der Waals surface area contributed by atoms with Crippen molar-refractivity contribution in [1.29, 1.82) is 0 Å². The first-order chi connectivity index (χ1) is 10.7. The Labute approximate surface area is 152 Å². The first-order valence-corrected chi connectivity index (χ1v) is 16.3. The predicted octanol–water partition coefficient (Wildman–Crippen LogP) is 6.65. The fourth-order valence-corrected chi connectivity index (χ4v) is 13.6. The Morgan fingerprint density at radius 2 is 0.826 bits per heavy atom. The first kappa shape index (κ1) is 23.7. The fraction of sp³-hybridized carbons (Fsp3) is 1.00. The van der Waals surface area contributed by atoms with E-state index in [9.17, 15) is 0 Å². The molecule has 0 spiro atoms. The van der Waals surface area contributed by atoms with E-state index in [1.54, 1.807) is 0 Å². The van der Waals surface area contributed by atoms with E-state index in [4.69, 9.17) is 6.15 Å². The topological polar surface area (TPSA) is 18.5 Å². The quantitative estimate of drug-likeness (QED) is 0.285. The van der Waals surface area contributed by atoms with Crippen LogP contribution in [0.3, 0.4) is 0 Å². The molecule has 2 nitrogen and oxygen atoms in total. The second-order valence-corrected chi connectivity index (χ2v) is 18.5. The average Bonchev–Trinajstić information content (AvgIpc) is 2.41. The number of hydrogen-bond donors (Lipinski definition) is 0. The minimum absolute atomic E-state index is 0.713.